The van der Waals surface area contributed by atoms with Crippen LogP contribution in [0.5, 0.6) is 0 Å². The van der Waals surface area contributed by atoms with Gasteiger partial charge in [0, 0.05) is 32.7 Å². The molecule has 1 aromatic carbocycles. The van der Waals surface area contributed by atoms with Gasteiger partial charge in [-0.15, -0.1) is 0 Å². The van der Waals surface area contributed by atoms with E-state index in [1.807, 2.05) is 30.3 Å². The van der Waals surface area contributed by atoms with E-state index in [1.54, 1.807) is 0 Å². The second kappa shape index (κ2) is 11.4. The third-order valence-electron chi connectivity index (χ3n) is 0.607. The summed E-state index contributed by atoms with van der Waals surface area (Å²) in [4.78, 5) is 0. The first-order chi connectivity index (χ1) is 4.41. The van der Waals surface area contributed by atoms with Crippen molar-refractivity contribution in [2.24, 2.45) is 0 Å². The van der Waals surface area contributed by atoms with Crippen molar-refractivity contribution in [2.75, 3.05) is 0 Å². The largest absolute Gasteiger partial charge is 0.443 e. The van der Waals surface area contributed by atoms with Crippen LogP contribution in [0.15, 0.2) is 30.3 Å². The van der Waals surface area contributed by atoms with Crippen LogP contribution in [0.1, 0.15) is 0 Å². The number of hydrogen-bond acceptors (Lipinski definition) is 2. The molecule has 0 aliphatic carbocycles. The van der Waals surface area contributed by atoms with Crippen molar-refractivity contribution in [2.45, 2.75) is 0 Å². The molecule has 0 fully saturated rings. The Balaban J connectivity index is 0. The maximum atomic E-state index is 6.88. The molecule has 0 unspecified atom stereocenters. The van der Waals surface area contributed by atoms with Crippen LogP contribution >= 0.6 is 0 Å². The van der Waals surface area contributed by atoms with Gasteiger partial charge in [0.05, 0.1) is 0 Å². The number of hydrogen-bond donors (Lipinski definition) is 1. The second-order valence-electron chi connectivity index (χ2n) is 1.18. The quantitative estimate of drug-likeness (QED) is 0.517. The Morgan fingerprint density at radius 3 is 1.70 bits per heavy atom. The minimum atomic E-state index is 0. The van der Waals surface area contributed by atoms with E-state index in [0.29, 0.717) is 0 Å². The number of nitrogens with zero attached hydrogens (tertiary/aromatic N) is 1. The zero-order valence-electron chi connectivity index (χ0n) is 5.36. The molecule has 0 aromatic heterocycles. The van der Waals surface area contributed by atoms with Gasteiger partial charge in [0.1, 0.15) is 0 Å². The van der Waals surface area contributed by atoms with Crippen molar-refractivity contribution in [3.8, 4) is 6.26 Å². The maximum Gasteiger partial charge on any atom is 0.283 e. The Morgan fingerprint density at radius 2 is 1.60 bits per heavy atom. The summed E-state index contributed by atoms with van der Waals surface area (Å²) in [6, 6.07) is 12.5. The molecule has 49 valence electrons. The van der Waals surface area contributed by atoms with Crippen LogP contribution in [-0.4, -0.2) is 5.11 Å². The van der Waals surface area contributed by atoms with Crippen molar-refractivity contribution in [3.63, 3.8) is 0 Å². The van der Waals surface area contributed by atoms with Crippen molar-refractivity contribution in [1.29, 1.82) is 5.26 Å². The number of rotatable bonds is 0. The van der Waals surface area contributed by atoms with Gasteiger partial charge in [-0.3, -0.25) is 0 Å². The van der Waals surface area contributed by atoms with E-state index in [1.165, 1.54) is 0 Å². The minimum Gasteiger partial charge on any atom is -0.443 e. The Kier molecular flexibility index (Phi) is 14.0. The molecule has 1 radical (unpaired) electrons. The second-order valence-corrected chi connectivity index (χ2v) is 1.18. The van der Waals surface area contributed by atoms with E-state index in [9.17, 15) is 0 Å². The van der Waals surface area contributed by atoms with Gasteiger partial charge in [-0.05, 0) is 0 Å². The predicted octanol–water partition coefficient (Wildman–Crippen LogP) is 1.32. The zero-order valence-corrected chi connectivity index (χ0v) is 8.20. The summed E-state index contributed by atoms with van der Waals surface area (Å²) in [5.74, 6) is 0. The zero-order chi connectivity index (χ0) is 6.95. The Bertz CT molecular complexity index is 144. The molecule has 1 rings (SSSR count). The van der Waals surface area contributed by atoms with Gasteiger partial charge in [-0.25, -0.2) is 0 Å². The molecular weight excluding hydrogens is 203 g/mol. The van der Waals surface area contributed by atoms with E-state index in [2.05, 4.69) is 6.07 Å². The van der Waals surface area contributed by atoms with E-state index < -0.39 is 0 Å². The smallest absolute Gasteiger partial charge is 0.283 e. The molecule has 0 aliphatic heterocycles. The molecule has 0 atom stereocenters. The fourth-order valence-corrected chi connectivity index (χ4v) is 0.342. The van der Waals surface area contributed by atoms with Crippen LogP contribution in [0.2, 0.25) is 0 Å². The molecule has 0 saturated carbocycles. The van der Waals surface area contributed by atoms with Crippen LogP contribution in [0, 0.1) is 17.6 Å². The summed E-state index contributed by atoms with van der Waals surface area (Å²) in [5.41, 5.74) is 0. The normalized spacial score (nSPS) is 5.50. The minimum absolute atomic E-state index is 0. The summed E-state index contributed by atoms with van der Waals surface area (Å²) < 4.78 is 0. The van der Waals surface area contributed by atoms with Crippen molar-refractivity contribution in [3.05, 3.63) is 36.4 Å². The Morgan fingerprint density at radius 1 is 1.20 bits per heavy atom. The van der Waals surface area contributed by atoms with Crippen molar-refractivity contribution < 1.29 is 37.8 Å². The van der Waals surface area contributed by atoms with E-state index in [4.69, 9.17) is 10.4 Å². The maximum absolute atomic E-state index is 6.88. The van der Waals surface area contributed by atoms with Gasteiger partial charge in [0.25, 0.3) is 6.26 Å². The molecular formula is C7H6NOY-. The fourth-order valence-electron chi connectivity index (χ4n) is 0.342. The molecule has 1 aromatic rings. The molecule has 0 heterocycles. The fraction of sp³-hybridized carbons (Fsp3) is 0. The van der Waals surface area contributed by atoms with Crippen LogP contribution in [0.25, 0.3) is 0 Å². The van der Waals surface area contributed by atoms with E-state index >= 15 is 0 Å². The van der Waals surface area contributed by atoms with Gasteiger partial charge in [-0.1, -0.05) is 0 Å². The molecule has 0 aliphatic rings. The number of aliphatic hydroxyl groups excluding tert-OH is 1. The molecule has 0 amide bonds. The molecule has 0 bridgehead atoms. The molecule has 2 nitrogen and oxygen atoms in total. The first kappa shape index (κ1) is 12.3. The molecule has 3 heteroatoms. The molecule has 10 heavy (non-hydrogen) atoms. The monoisotopic (exact) mass is 209 g/mol. The standard InChI is InChI=1S/C6H5.CHNO.Y/c1-2-4-6-5-3-1;2-1-3;/h1-5H;3H;/q-1;;. The van der Waals surface area contributed by atoms with Gasteiger partial charge in [-0.2, -0.15) is 41.7 Å². The van der Waals surface area contributed by atoms with Crippen molar-refractivity contribution in [1.82, 2.24) is 0 Å². The van der Waals surface area contributed by atoms with Crippen LogP contribution in [0.4, 0.5) is 0 Å². The van der Waals surface area contributed by atoms with E-state index in [-0.39, 0.29) is 32.7 Å². The molecule has 1 N–H and O–H groups in total. The Labute approximate surface area is 85.4 Å². The third-order valence-corrected chi connectivity index (χ3v) is 0.607. The molecule has 0 spiro atoms. The number of aliphatic hydroxyl groups is 1. The van der Waals surface area contributed by atoms with Crippen LogP contribution in [0.3, 0.4) is 0 Å². The number of benzene rings is 1. The summed E-state index contributed by atoms with van der Waals surface area (Å²) in [6.45, 7) is 0. The Hall–Kier alpha value is -0.386. The first-order valence-corrected chi connectivity index (χ1v) is 2.36. The van der Waals surface area contributed by atoms with E-state index in [0.717, 1.165) is 6.26 Å². The van der Waals surface area contributed by atoms with Crippen LogP contribution in [-0.2, 0) is 32.7 Å². The van der Waals surface area contributed by atoms with Crippen LogP contribution < -0.4 is 0 Å². The summed E-state index contributed by atoms with van der Waals surface area (Å²) in [6.07, 6.45) is 0.750. The van der Waals surface area contributed by atoms with Gasteiger partial charge >= 0.3 is 0 Å². The molecule has 0 saturated heterocycles. The summed E-state index contributed by atoms with van der Waals surface area (Å²) in [7, 11) is 0. The topological polar surface area (TPSA) is 44.0 Å². The first-order valence-electron chi connectivity index (χ1n) is 2.36. The van der Waals surface area contributed by atoms with Crippen molar-refractivity contribution >= 4 is 0 Å². The third kappa shape index (κ3) is 10.6. The average molecular weight is 209 g/mol. The average Bonchev–Trinajstić information content (AvgIpc) is 1.93. The van der Waals surface area contributed by atoms with Gasteiger partial charge in [0.15, 0.2) is 0 Å². The SMILES string of the molecule is N#CO.[Y].[c-]1ccccc1. The van der Waals surface area contributed by atoms with Gasteiger partial charge < -0.3 is 5.11 Å². The summed E-state index contributed by atoms with van der Waals surface area (Å²) in [5, 5.41) is 13.8. The predicted molar refractivity (Wildman–Crippen MR) is 32.8 cm³/mol. The number of nitriles is 1. The summed E-state index contributed by atoms with van der Waals surface area (Å²) >= 11 is 0. The van der Waals surface area contributed by atoms with Gasteiger partial charge in [0.2, 0.25) is 0 Å².